The zero-order valence-electron chi connectivity index (χ0n) is 12.5. The Morgan fingerprint density at radius 2 is 2.10 bits per heavy atom. The summed E-state index contributed by atoms with van der Waals surface area (Å²) >= 11 is 0. The molecular formula is C15H26N2O3. The molecule has 1 heterocycles. The smallest absolute Gasteiger partial charge is 0.317 e. The third-order valence-corrected chi connectivity index (χ3v) is 5.28. The van der Waals surface area contributed by atoms with Gasteiger partial charge in [0.05, 0.1) is 5.41 Å². The number of fused-ring (bicyclic) bond motifs is 1. The van der Waals surface area contributed by atoms with Crippen molar-refractivity contribution in [1.82, 2.24) is 10.2 Å². The summed E-state index contributed by atoms with van der Waals surface area (Å²) < 4.78 is 0. The van der Waals surface area contributed by atoms with Gasteiger partial charge >= 0.3 is 12.0 Å². The van der Waals surface area contributed by atoms with E-state index in [2.05, 4.69) is 19.2 Å². The Morgan fingerprint density at radius 3 is 2.65 bits per heavy atom. The predicted molar refractivity (Wildman–Crippen MR) is 76.5 cm³/mol. The van der Waals surface area contributed by atoms with Gasteiger partial charge in [-0.1, -0.05) is 33.1 Å². The molecule has 2 atom stereocenters. The van der Waals surface area contributed by atoms with E-state index >= 15 is 0 Å². The molecule has 5 heteroatoms. The summed E-state index contributed by atoms with van der Waals surface area (Å²) in [5, 5.41) is 12.5. The molecule has 0 unspecified atom stereocenters. The molecule has 0 spiro atoms. The van der Waals surface area contributed by atoms with E-state index in [9.17, 15) is 14.7 Å². The van der Waals surface area contributed by atoms with E-state index in [0.717, 1.165) is 25.7 Å². The van der Waals surface area contributed by atoms with Crippen molar-refractivity contribution >= 4 is 12.0 Å². The highest BCUT2D eigenvalue weighted by Gasteiger charge is 2.55. The number of rotatable bonds is 5. The highest BCUT2D eigenvalue weighted by molar-refractivity contribution is 5.80. The first-order valence-corrected chi connectivity index (χ1v) is 7.79. The molecule has 20 heavy (non-hydrogen) atoms. The number of nitrogens with zero attached hydrogens (tertiary/aromatic N) is 1. The summed E-state index contributed by atoms with van der Waals surface area (Å²) in [6.45, 7) is 5.91. The Bertz CT molecular complexity index is 381. The van der Waals surface area contributed by atoms with Gasteiger partial charge in [0.1, 0.15) is 0 Å². The molecule has 1 aliphatic carbocycles. The van der Waals surface area contributed by atoms with Crippen LogP contribution in [-0.2, 0) is 4.79 Å². The minimum atomic E-state index is -0.727. The van der Waals surface area contributed by atoms with Crippen molar-refractivity contribution in [3.05, 3.63) is 0 Å². The van der Waals surface area contributed by atoms with Crippen LogP contribution < -0.4 is 5.32 Å². The van der Waals surface area contributed by atoms with Crippen molar-refractivity contribution in [2.75, 3.05) is 19.6 Å². The molecule has 0 radical (unpaired) electrons. The van der Waals surface area contributed by atoms with Crippen molar-refractivity contribution in [2.24, 2.45) is 17.3 Å². The molecular weight excluding hydrogens is 256 g/mol. The Kier molecular flexibility index (Phi) is 4.55. The number of nitrogens with one attached hydrogen (secondary N) is 1. The second-order valence-electron chi connectivity index (χ2n) is 6.30. The standard InChI is InChI=1S/C15H26N2O3/c1-3-11(4-2)8-16-14(20)17-9-12-6-5-7-15(12,10-17)13(18)19/h11-12H,3-10H2,1-2H3,(H,16,20)(H,18,19)/t12-,15+/m0/s1. The van der Waals surface area contributed by atoms with Crippen LogP contribution in [0.3, 0.4) is 0 Å². The number of carboxylic acids is 1. The van der Waals surface area contributed by atoms with Gasteiger partial charge in [-0.15, -0.1) is 0 Å². The van der Waals surface area contributed by atoms with Crippen LogP contribution in [0.15, 0.2) is 0 Å². The fourth-order valence-corrected chi connectivity index (χ4v) is 3.71. The molecule has 1 saturated heterocycles. The predicted octanol–water partition coefficient (Wildman–Crippen LogP) is 2.32. The largest absolute Gasteiger partial charge is 0.481 e. The maximum atomic E-state index is 12.2. The van der Waals surface area contributed by atoms with E-state index in [1.807, 2.05) is 0 Å². The molecule has 5 nitrogen and oxygen atoms in total. The average Bonchev–Trinajstić information content (AvgIpc) is 2.97. The number of carbonyl (C=O) groups is 2. The maximum Gasteiger partial charge on any atom is 0.317 e. The van der Waals surface area contributed by atoms with Crippen molar-refractivity contribution < 1.29 is 14.7 Å². The number of aliphatic carboxylic acids is 1. The van der Waals surface area contributed by atoms with Crippen LogP contribution in [0.4, 0.5) is 4.79 Å². The number of amides is 2. The molecule has 0 aromatic carbocycles. The van der Waals surface area contributed by atoms with Crippen molar-refractivity contribution in [1.29, 1.82) is 0 Å². The molecule has 2 aliphatic rings. The van der Waals surface area contributed by atoms with Crippen molar-refractivity contribution in [3.63, 3.8) is 0 Å². The molecule has 2 rings (SSSR count). The van der Waals surface area contributed by atoms with Crippen molar-refractivity contribution in [2.45, 2.75) is 46.0 Å². The molecule has 2 amide bonds. The van der Waals surface area contributed by atoms with Gasteiger partial charge < -0.3 is 15.3 Å². The van der Waals surface area contributed by atoms with Gasteiger partial charge in [0.25, 0.3) is 0 Å². The van der Waals surface area contributed by atoms with Crippen LogP contribution in [0, 0.1) is 17.3 Å². The molecule has 1 aliphatic heterocycles. The first-order valence-electron chi connectivity index (χ1n) is 7.79. The zero-order chi connectivity index (χ0) is 14.8. The number of carboxylic acid groups (broad SMARTS) is 1. The lowest BCUT2D eigenvalue weighted by atomic mass is 9.81. The van der Waals surface area contributed by atoms with Crippen LogP contribution in [-0.4, -0.2) is 41.6 Å². The Morgan fingerprint density at radius 1 is 1.40 bits per heavy atom. The third-order valence-electron chi connectivity index (χ3n) is 5.28. The minimum Gasteiger partial charge on any atom is -0.481 e. The van der Waals surface area contributed by atoms with Gasteiger partial charge in [-0.25, -0.2) is 4.79 Å². The topological polar surface area (TPSA) is 69.6 Å². The Labute approximate surface area is 120 Å². The van der Waals surface area contributed by atoms with E-state index in [0.29, 0.717) is 32.0 Å². The average molecular weight is 282 g/mol. The molecule has 0 aromatic rings. The summed E-state index contributed by atoms with van der Waals surface area (Å²) in [5.41, 5.74) is -0.674. The van der Waals surface area contributed by atoms with Gasteiger partial charge in [0.15, 0.2) is 0 Å². The number of hydrogen-bond acceptors (Lipinski definition) is 2. The van der Waals surface area contributed by atoms with Crippen LogP contribution in [0.2, 0.25) is 0 Å². The van der Waals surface area contributed by atoms with Gasteiger partial charge in [0, 0.05) is 19.6 Å². The van der Waals surface area contributed by atoms with E-state index < -0.39 is 11.4 Å². The highest BCUT2D eigenvalue weighted by atomic mass is 16.4. The lowest BCUT2D eigenvalue weighted by molar-refractivity contribution is -0.149. The van der Waals surface area contributed by atoms with Crippen LogP contribution in [0.1, 0.15) is 46.0 Å². The fraction of sp³-hybridized carbons (Fsp3) is 0.867. The summed E-state index contributed by atoms with van der Waals surface area (Å²) in [4.78, 5) is 25.5. The number of likely N-dealkylation sites (tertiary alicyclic amines) is 1. The van der Waals surface area contributed by atoms with Gasteiger partial charge in [0.2, 0.25) is 0 Å². The summed E-state index contributed by atoms with van der Waals surface area (Å²) in [7, 11) is 0. The lowest BCUT2D eigenvalue weighted by Gasteiger charge is -2.24. The first kappa shape index (κ1) is 15.1. The summed E-state index contributed by atoms with van der Waals surface area (Å²) in [6.07, 6.45) is 4.73. The van der Waals surface area contributed by atoms with Crippen LogP contribution >= 0.6 is 0 Å². The normalized spacial score (nSPS) is 28.8. The van der Waals surface area contributed by atoms with Crippen LogP contribution in [0.5, 0.6) is 0 Å². The molecule has 0 aromatic heterocycles. The SMILES string of the molecule is CCC(CC)CNC(=O)N1C[C@@H]2CCC[C@@]2(C(=O)O)C1. The molecule has 1 saturated carbocycles. The fourth-order valence-electron chi connectivity index (χ4n) is 3.71. The van der Waals surface area contributed by atoms with E-state index in [1.54, 1.807) is 4.90 Å². The van der Waals surface area contributed by atoms with Gasteiger partial charge in [-0.2, -0.15) is 0 Å². The second-order valence-corrected chi connectivity index (χ2v) is 6.30. The summed E-state index contributed by atoms with van der Waals surface area (Å²) in [5.74, 6) is -0.0799. The number of urea groups is 1. The molecule has 2 fully saturated rings. The van der Waals surface area contributed by atoms with Gasteiger partial charge in [-0.3, -0.25) is 4.79 Å². The lowest BCUT2D eigenvalue weighted by Crippen LogP contribution is -2.43. The van der Waals surface area contributed by atoms with Gasteiger partial charge in [-0.05, 0) is 24.7 Å². The minimum absolute atomic E-state index is 0.0908. The number of carbonyl (C=O) groups excluding carboxylic acids is 1. The van der Waals surface area contributed by atoms with Crippen molar-refractivity contribution in [3.8, 4) is 0 Å². The first-order chi connectivity index (χ1) is 9.53. The number of hydrogen-bond donors (Lipinski definition) is 2. The molecule has 2 N–H and O–H groups in total. The maximum absolute atomic E-state index is 12.2. The summed E-state index contributed by atoms with van der Waals surface area (Å²) in [6, 6.07) is -0.0908. The Hall–Kier alpha value is -1.26. The van der Waals surface area contributed by atoms with E-state index in [1.165, 1.54) is 0 Å². The highest BCUT2D eigenvalue weighted by Crippen LogP contribution is 2.48. The third kappa shape index (κ3) is 2.63. The van der Waals surface area contributed by atoms with E-state index in [4.69, 9.17) is 0 Å². The Balaban J connectivity index is 1.92. The van der Waals surface area contributed by atoms with E-state index in [-0.39, 0.29) is 11.9 Å². The zero-order valence-corrected chi connectivity index (χ0v) is 12.5. The monoisotopic (exact) mass is 282 g/mol. The molecule has 114 valence electrons. The quantitative estimate of drug-likeness (QED) is 0.813. The molecule has 0 bridgehead atoms. The van der Waals surface area contributed by atoms with Crippen LogP contribution in [0.25, 0.3) is 0 Å². The second kappa shape index (κ2) is 6.02.